The fourth-order valence-electron chi connectivity index (χ4n) is 16.1. The number of halogens is 5. The average molecular weight is 2090 g/mol. The molecule has 19 rings (SSSR count). The van der Waals surface area contributed by atoms with E-state index in [2.05, 4.69) is 130 Å². The van der Waals surface area contributed by atoms with Gasteiger partial charge in [-0.25, -0.2) is 13.2 Å². The number of benzene rings is 8. The van der Waals surface area contributed by atoms with Gasteiger partial charge in [-0.1, -0.05) is 143 Å². The van der Waals surface area contributed by atoms with Gasteiger partial charge in [0.25, 0.3) is 11.8 Å². The minimum Gasteiger partial charge on any atom is -0.497 e. The normalized spacial score (nSPS) is 14.3. The highest BCUT2D eigenvalue weighted by molar-refractivity contribution is 8.01. The SMILES string of the molecule is C=CCSc1nnc(CC(=O)c2cc(SC)ccc2Cl)s1.CCCSc1nnc(CC(=O)c2cc(SC)ccc2Cl)s1.CCN1CCC(c2nnc(-c3cccc(C)c3)o2)CC1.COc1ccc(-c2nnc(C3CCN(C(=O)c4c(F)cccc4F)CC3)o2)cc1.COc1ccc(-c2nnc(C3CCN(C(=O)c4ccco4)CC3)o2)cc1.Cc1cccc(-c2nnc(C3CCN(Cc4ccc(F)cc4)CC3)o2)c1. The number of aryl methyl sites for hydroxylation is 2. The summed E-state index contributed by atoms with van der Waals surface area (Å²) in [5.74, 6) is 6.74. The van der Waals surface area contributed by atoms with Crippen LogP contribution in [0.1, 0.15) is 187 Å². The maximum Gasteiger partial charge on any atom is 0.289 e. The molecule has 8 aromatic carbocycles. The number of carbonyl (C=O) groups excluding carboxylic acids is 4. The van der Waals surface area contributed by atoms with Crippen LogP contribution >= 0.6 is 92.9 Å². The lowest BCUT2D eigenvalue weighted by atomic mass is 9.96. The Labute approximate surface area is 863 Å². The van der Waals surface area contributed by atoms with E-state index in [0.717, 1.165) is 182 Å². The van der Waals surface area contributed by atoms with E-state index in [1.54, 1.807) is 90.4 Å². The molecule has 0 unspecified atom stereocenters. The van der Waals surface area contributed by atoms with E-state index in [9.17, 15) is 32.3 Å². The van der Waals surface area contributed by atoms with Crippen LogP contribution < -0.4 is 9.47 Å². The van der Waals surface area contributed by atoms with Gasteiger partial charge in [-0.3, -0.25) is 24.1 Å². The summed E-state index contributed by atoms with van der Waals surface area (Å²) >= 11 is 21.6. The second-order valence-corrected chi connectivity index (χ2v) is 41.1. The van der Waals surface area contributed by atoms with Crippen molar-refractivity contribution in [2.45, 2.75) is 147 Å². The summed E-state index contributed by atoms with van der Waals surface area (Å²) in [5, 5.41) is 52.3. The number of thioether (sulfide) groups is 4. The number of nitrogens with zero attached hydrogens (tertiary/aromatic N) is 16. The van der Waals surface area contributed by atoms with Crippen LogP contribution in [0.25, 0.3) is 45.8 Å². The zero-order valence-electron chi connectivity index (χ0n) is 80.3. The Morgan fingerprint density at radius 3 is 1.27 bits per heavy atom. The molecule has 746 valence electrons. The van der Waals surface area contributed by atoms with Gasteiger partial charge in [-0.2, -0.15) is 0 Å². The summed E-state index contributed by atoms with van der Waals surface area (Å²) in [6, 6.07) is 55.7. The molecule has 15 aromatic rings. The van der Waals surface area contributed by atoms with Crippen molar-refractivity contribution in [3.8, 4) is 57.3 Å². The van der Waals surface area contributed by atoms with Gasteiger partial charge in [0.05, 0.1) is 43.4 Å². The summed E-state index contributed by atoms with van der Waals surface area (Å²) in [6.45, 7) is 20.3. The van der Waals surface area contributed by atoms with Crippen LogP contribution in [-0.4, -0.2) is 201 Å². The van der Waals surface area contributed by atoms with Crippen LogP contribution in [0.5, 0.6) is 11.5 Å². The third kappa shape index (κ3) is 30.3. The first kappa shape index (κ1) is 107. The molecule has 0 radical (unpaired) electrons. The first-order chi connectivity index (χ1) is 69.5. The molecule has 0 spiro atoms. The van der Waals surface area contributed by atoms with Gasteiger partial charge < -0.3 is 46.3 Å². The standard InChI is InChI=1S/C21H19F2N3O3.C21H22FN3O.C19H19N3O4.C16H21N3O.C14H15ClN2OS3.C14H13ClN2OS3/c1-28-15-7-5-13(6-8-15)19-24-25-20(29-19)14-9-11-26(12-10-14)21(27)18-16(22)3-2-4-17(18)23;1-15-3-2-4-18(13-15)21-24-23-20(26-21)17-9-11-25(12-10-17)14-16-5-7-19(22)8-6-16;1-24-15-6-4-13(5-7-15)17-20-21-18(26-17)14-8-10-22(11-9-14)19(23)16-3-2-12-25-16;1-3-19-9-7-13(8-10-19)15-17-18-16(20-15)14-6-4-5-12(2)11-14;2*1-3-6-20-14-17-16-13(21-14)8-12(18)10-7-9(19-2)4-5-11(10)15/h2-8,14H,9-12H2,1H3;2-8,13,17H,9-12,14H2,1H3;2-7,12,14H,8-11H2,1H3;4-6,11,13H,3,7-10H2,1-2H3;4-5,7H,3,6,8H2,1-2H3;3-5,7H,1,6,8H2,2H3. The third-order valence-corrected chi connectivity index (χ3v) is 30.4. The summed E-state index contributed by atoms with van der Waals surface area (Å²) < 4.78 is 81.5. The molecule has 4 aliphatic heterocycles. The number of aromatic nitrogens is 12. The van der Waals surface area contributed by atoms with E-state index in [1.165, 1.54) is 63.2 Å². The zero-order chi connectivity index (χ0) is 101. The smallest absolute Gasteiger partial charge is 0.289 e. The van der Waals surface area contributed by atoms with Crippen LogP contribution in [0.3, 0.4) is 0 Å². The molecule has 11 heterocycles. The number of hydrogen-bond donors (Lipinski definition) is 0. The number of carbonyl (C=O) groups is 4. The molecular weight excluding hydrogens is 1980 g/mol. The maximum atomic E-state index is 13.9. The highest BCUT2D eigenvalue weighted by Gasteiger charge is 2.34. The molecule has 4 aliphatic rings. The third-order valence-electron chi connectivity index (χ3n) is 24.0. The zero-order valence-corrected chi connectivity index (χ0v) is 86.7. The lowest BCUT2D eigenvalue weighted by molar-refractivity contribution is 0.0672. The lowest BCUT2D eigenvalue weighted by Crippen LogP contribution is -2.38. The number of ketones is 2. The van der Waals surface area contributed by atoms with Gasteiger partial charge in [0, 0.05) is 111 Å². The Balaban J connectivity index is 0.000000137. The molecule has 4 fully saturated rings. The number of methoxy groups -OCH3 is 2. The van der Waals surface area contributed by atoms with Crippen molar-refractivity contribution in [2.75, 3.05) is 97.1 Å². The fraction of sp³-hybridized carbons (Fsp3) is 0.333. The van der Waals surface area contributed by atoms with E-state index in [-0.39, 0.29) is 48.0 Å². The number of Topliss-reactive ketones (excluding diaryl/α,β-unsaturated/α-hetero) is 2. The van der Waals surface area contributed by atoms with E-state index < -0.39 is 23.1 Å². The van der Waals surface area contributed by atoms with Gasteiger partial charge in [-0.05, 0) is 268 Å². The Morgan fingerprint density at radius 1 is 0.462 bits per heavy atom. The van der Waals surface area contributed by atoms with Gasteiger partial charge in [0.2, 0.25) is 47.1 Å². The Bertz CT molecular complexity index is 6620. The van der Waals surface area contributed by atoms with Gasteiger partial charge in [-0.15, -0.1) is 91.3 Å². The predicted molar refractivity (Wildman–Crippen MR) is 554 cm³/mol. The van der Waals surface area contributed by atoms with Crippen molar-refractivity contribution in [1.82, 2.24) is 80.8 Å². The molecular formula is C105H109Cl2F3N16O11S6. The number of hydrogen-bond acceptors (Lipinski definition) is 31. The highest BCUT2D eigenvalue weighted by Crippen LogP contribution is 2.38. The van der Waals surface area contributed by atoms with Crippen LogP contribution in [0.15, 0.2) is 248 Å². The molecule has 0 atom stereocenters. The molecule has 2 amide bonds. The lowest BCUT2D eigenvalue weighted by Gasteiger charge is -2.30. The average Bonchev–Trinajstić information content (AvgIpc) is 1.75. The predicted octanol–water partition coefficient (Wildman–Crippen LogP) is 24.7. The summed E-state index contributed by atoms with van der Waals surface area (Å²) in [4.78, 5) is 59.7. The number of ether oxygens (including phenoxy) is 2. The maximum absolute atomic E-state index is 13.9. The Hall–Kier alpha value is -12.0. The van der Waals surface area contributed by atoms with Crippen molar-refractivity contribution < 1.29 is 63.9 Å². The van der Waals surface area contributed by atoms with Gasteiger partial charge in [0.15, 0.2) is 26.0 Å². The molecule has 38 heteroatoms. The molecule has 7 aromatic heterocycles. The molecule has 0 bridgehead atoms. The van der Waals surface area contributed by atoms with Crippen molar-refractivity contribution in [3.05, 3.63) is 307 Å². The first-order valence-corrected chi connectivity index (χ1v) is 53.6. The highest BCUT2D eigenvalue weighted by atomic mass is 35.5. The molecule has 27 nitrogen and oxygen atoms in total. The molecule has 0 aliphatic carbocycles. The van der Waals surface area contributed by atoms with Crippen molar-refractivity contribution in [2.24, 2.45) is 0 Å². The van der Waals surface area contributed by atoms with Gasteiger partial charge >= 0.3 is 0 Å². The van der Waals surface area contributed by atoms with Crippen LogP contribution in [0.4, 0.5) is 13.2 Å². The van der Waals surface area contributed by atoms with Crippen LogP contribution in [0.2, 0.25) is 10.0 Å². The van der Waals surface area contributed by atoms with Gasteiger partial charge in [0.1, 0.15) is 44.5 Å². The van der Waals surface area contributed by atoms with E-state index in [1.807, 2.05) is 128 Å². The fourth-order valence-corrected chi connectivity index (χ4v) is 20.9. The summed E-state index contributed by atoms with van der Waals surface area (Å²) in [7, 11) is 3.22. The van der Waals surface area contributed by atoms with Crippen molar-refractivity contribution in [3.63, 3.8) is 0 Å². The minimum absolute atomic E-state index is 0.0102. The summed E-state index contributed by atoms with van der Waals surface area (Å²) in [5.41, 5.74) is 7.74. The monoisotopic (exact) mass is 2090 g/mol. The molecule has 0 N–H and O–H groups in total. The first-order valence-electron chi connectivity index (χ1n) is 46.8. The van der Waals surface area contributed by atoms with Crippen molar-refractivity contribution >= 4 is 116 Å². The van der Waals surface area contributed by atoms with Crippen LogP contribution in [0, 0.1) is 31.3 Å². The number of likely N-dealkylation sites (tertiary alicyclic amines) is 4. The quantitative estimate of drug-likeness (QED) is 0.0239. The molecule has 0 saturated carbocycles. The summed E-state index contributed by atoms with van der Waals surface area (Å²) in [6.07, 6.45) is 15.8. The number of piperidine rings is 4. The van der Waals surface area contributed by atoms with Crippen molar-refractivity contribution in [1.29, 1.82) is 0 Å². The largest absolute Gasteiger partial charge is 0.497 e. The second kappa shape index (κ2) is 53.6. The Morgan fingerprint density at radius 2 is 0.874 bits per heavy atom. The number of amides is 2. The topological polar surface area (TPSA) is 320 Å². The molecule has 143 heavy (non-hydrogen) atoms. The minimum atomic E-state index is -0.849. The van der Waals surface area contributed by atoms with Crippen LogP contribution in [-0.2, 0) is 19.4 Å². The number of rotatable bonds is 29. The molecule has 4 saturated heterocycles. The number of furan rings is 1. The Kier molecular flexibility index (Phi) is 40.0. The second-order valence-electron chi connectivity index (χ2n) is 33.8. The van der Waals surface area contributed by atoms with E-state index in [4.69, 9.17) is 54.8 Å². The van der Waals surface area contributed by atoms with E-state index >= 15 is 0 Å². The van der Waals surface area contributed by atoms with E-state index in [0.29, 0.717) is 118 Å².